The Balaban J connectivity index is 1.59. The SMILES string of the molecule is Cc1cc(O)cc(=O)n1CC(=O)N1CCN(C2CCSC2)CC1. The molecule has 2 saturated heterocycles. The minimum absolute atomic E-state index is 0.0265. The van der Waals surface area contributed by atoms with Crippen LogP contribution in [-0.2, 0) is 11.3 Å². The third-order valence-corrected chi connectivity index (χ3v) is 5.85. The van der Waals surface area contributed by atoms with Crippen LogP contribution >= 0.6 is 11.8 Å². The van der Waals surface area contributed by atoms with Crippen LogP contribution in [0.2, 0.25) is 0 Å². The highest BCUT2D eigenvalue weighted by Gasteiger charge is 2.28. The van der Waals surface area contributed by atoms with Gasteiger partial charge in [0.05, 0.1) is 0 Å². The first-order valence-corrected chi connectivity index (χ1v) is 9.20. The Morgan fingerprint density at radius 2 is 2.04 bits per heavy atom. The summed E-state index contributed by atoms with van der Waals surface area (Å²) in [5, 5.41) is 9.42. The number of pyridine rings is 1. The van der Waals surface area contributed by atoms with E-state index >= 15 is 0 Å². The van der Waals surface area contributed by atoms with Crippen molar-refractivity contribution < 1.29 is 9.90 Å². The van der Waals surface area contributed by atoms with Crippen LogP contribution in [0, 0.1) is 6.92 Å². The summed E-state index contributed by atoms with van der Waals surface area (Å²) >= 11 is 2.01. The third-order valence-electron chi connectivity index (χ3n) is 4.70. The molecule has 1 aromatic heterocycles. The van der Waals surface area contributed by atoms with E-state index in [2.05, 4.69) is 4.90 Å². The van der Waals surface area contributed by atoms with Crippen LogP contribution in [0.5, 0.6) is 5.75 Å². The lowest BCUT2D eigenvalue weighted by Crippen LogP contribution is -2.53. The minimum Gasteiger partial charge on any atom is -0.508 e. The van der Waals surface area contributed by atoms with E-state index in [1.807, 2.05) is 16.7 Å². The predicted octanol–water partition coefficient (Wildman–Crippen LogP) is 0.512. The van der Waals surface area contributed by atoms with Gasteiger partial charge < -0.3 is 14.6 Å². The second-order valence-electron chi connectivity index (χ2n) is 6.21. The van der Waals surface area contributed by atoms with E-state index in [1.54, 1.807) is 6.92 Å². The number of hydrogen-bond donors (Lipinski definition) is 1. The van der Waals surface area contributed by atoms with Gasteiger partial charge in [-0.25, -0.2) is 0 Å². The Labute approximate surface area is 140 Å². The molecule has 2 fully saturated rings. The molecule has 7 heteroatoms. The molecule has 126 valence electrons. The van der Waals surface area contributed by atoms with E-state index in [0.29, 0.717) is 11.7 Å². The highest BCUT2D eigenvalue weighted by molar-refractivity contribution is 7.99. The molecule has 3 rings (SSSR count). The van der Waals surface area contributed by atoms with Crippen LogP contribution in [0.15, 0.2) is 16.9 Å². The van der Waals surface area contributed by atoms with Gasteiger partial charge in [0, 0.05) is 49.7 Å². The maximum absolute atomic E-state index is 12.5. The number of piperazine rings is 1. The van der Waals surface area contributed by atoms with E-state index < -0.39 is 0 Å². The van der Waals surface area contributed by atoms with Crippen LogP contribution in [0.1, 0.15) is 12.1 Å². The monoisotopic (exact) mass is 337 g/mol. The van der Waals surface area contributed by atoms with Crippen LogP contribution < -0.4 is 5.56 Å². The first-order valence-electron chi connectivity index (χ1n) is 8.04. The Kier molecular flexibility index (Phi) is 4.96. The van der Waals surface area contributed by atoms with Crippen molar-refractivity contribution in [1.82, 2.24) is 14.4 Å². The van der Waals surface area contributed by atoms with Crippen molar-refractivity contribution in [3.63, 3.8) is 0 Å². The van der Waals surface area contributed by atoms with E-state index in [4.69, 9.17) is 0 Å². The Morgan fingerprint density at radius 3 is 2.65 bits per heavy atom. The molecular weight excluding hydrogens is 314 g/mol. The average molecular weight is 337 g/mol. The van der Waals surface area contributed by atoms with Crippen molar-refractivity contribution >= 4 is 17.7 Å². The summed E-state index contributed by atoms with van der Waals surface area (Å²) in [4.78, 5) is 28.7. The van der Waals surface area contributed by atoms with Gasteiger partial charge in [0.25, 0.3) is 5.56 Å². The smallest absolute Gasteiger partial charge is 0.254 e. The quantitative estimate of drug-likeness (QED) is 0.871. The molecule has 1 aromatic rings. The summed E-state index contributed by atoms with van der Waals surface area (Å²) in [7, 11) is 0. The fourth-order valence-corrected chi connectivity index (χ4v) is 4.55. The maximum atomic E-state index is 12.5. The minimum atomic E-state index is -0.336. The van der Waals surface area contributed by atoms with Gasteiger partial charge in [0.1, 0.15) is 12.3 Å². The topological polar surface area (TPSA) is 65.8 Å². The van der Waals surface area contributed by atoms with E-state index in [1.165, 1.54) is 28.6 Å². The first-order chi connectivity index (χ1) is 11.0. The Morgan fingerprint density at radius 1 is 1.30 bits per heavy atom. The second kappa shape index (κ2) is 6.97. The largest absolute Gasteiger partial charge is 0.508 e. The van der Waals surface area contributed by atoms with Crippen molar-refractivity contribution in [1.29, 1.82) is 0 Å². The maximum Gasteiger partial charge on any atom is 0.254 e. The van der Waals surface area contributed by atoms with Crippen molar-refractivity contribution in [2.45, 2.75) is 25.9 Å². The second-order valence-corrected chi connectivity index (χ2v) is 7.36. The molecule has 1 atom stereocenters. The van der Waals surface area contributed by atoms with Gasteiger partial charge in [-0.15, -0.1) is 0 Å². The Bertz CT molecular complexity index is 632. The summed E-state index contributed by atoms with van der Waals surface area (Å²) in [5.41, 5.74) is 0.266. The molecule has 3 heterocycles. The van der Waals surface area contributed by atoms with Gasteiger partial charge in [0.15, 0.2) is 0 Å². The zero-order valence-corrected chi connectivity index (χ0v) is 14.2. The highest BCUT2D eigenvalue weighted by Crippen LogP contribution is 2.23. The molecule has 0 aliphatic carbocycles. The Hall–Kier alpha value is -1.47. The van der Waals surface area contributed by atoms with Crippen LogP contribution in [0.25, 0.3) is 0 Å². The van der Waals surface area contributed by atoms with Crippen molar-refractivity contribution in [3.05, 3.63) is 28.2 Å². The normalized spacial score (nSPS) is 22.5. The molecule has 1 N–H and O–H groups in total. The van der Waals surface area contributed by atoms with Crippen molar-refractivity contribution in [2.75, 3.05) is 37.7 Å². The van der Waals surface area contributed by atoms with Crippen LogP contribution in [0.4, 0.5) is 0 Å². The lowest BCUT2D eigenvalue weighted by Gasteiger charge is -2.38. The number of nitrogens with zero attached hydrogens (tertiary/aromatic N) is 3. The number of hydrogen-bond acceptors (Lipinski definition) is 5. The number of aromatic hydroxyl groups is 1. The summed E-state index contributed by atoms with van der Waals surface area (Å²) in [6, 6.07) is 3.32. The fourth-order valence-electron chi connectivity index (χ4n) is 3.30. The predicted molar refractivity (Wildman–Crippen MR) is 91.0 cm³/mol. The standard InChI is InChI=1S/C16H23N3O3S/c1-12-8-14(20)9-15(21)19(12)10-16(22)18-5-3-17(4-6-18)13-2-7-23-11-13/h8-9,13,20H,2-7,10-11H2,1H3. The number of rotatable bonds is 3. The molecule has 0 spiro atoms. The zero-order chi connectivity index (χ0) is 16.4. The molecule has 0 radical (unpaired) electrons. The summed E-state index contributed by atoms with van der Waals surface area (Å²) in [6.45, 7) is 5.06. The van der Waals surface area contributed by atoms with E-state index in [-0.39, 0.29) is 23.8 Å². The summed E-state index contributed by atoms with van der Waals surface area (Å²) < 4.78 is 1.42. The number of aryl methyl sites for hydroxylation is 1. The van der Waals surface area contributed by atoms with Gasteiger partial charge >= 0.3 is 0 Å². The van der Waals surface area contributed by atoms with Gasteiger partial charge in [-0.2, -0.15) is 11.8 Å². The summed E-state index contributed by atoms with van der Waals surface area (Å²) in [6.07, 6.45) is 1.25. The summed E-state index contributed by atoms with van der Waals surface area (Å²) in [5.74, 6) is 2.36. The number of carbonyl (C=O) groups excluding carboxylic acids is 1. The molecule has 23 heavy (non-hydrogen) atoms. The van der Waals surface area contributed by atoms with Gasteiger partial charge in [-0.05, 0) is 25.2 Å². The third kappa shape index (κ3) is 3.72. The molecule has 6 nitrogen and oxygen atoms in total. The van der Waals surface area contributed by atoms with E-state index in [9.17, 15) is 14.7 Å². The number of aromatic nitrogens is 1. The molecule has 1 unspecified atom stereocenters. The fraction of sp³-hybridized carbons (Fsp3) is 0.625. The average Bonchev–Trinajstić information content (AvgIpc) is 3.05. The number of amides is 1. The first kappa shape index (κ1) is 16.4. The lowest BCUT2D eigenvalue weighted by molar-refractivity contribution is -0.134. The number of thioether (sulfide) groups is 1. The van der Waals surface area contributed by atoms with Gasteiger partial charge in [-0.3, -0.25) is 14.5 Å². The molecular formula is C16H23N3O3S. The van der Waals surface area contributed by atoms with Crippen molar-refractivity contribution in [2.24, 2.45) is 0 Å². The molecule has 2 aliphatic heterocycles. The molecule has 1 amide bonds. The van der Waals surface area contributed by atoms with Crippen molar-refractivity contribution in [3.8, 4) is 5.75 Å². The molecule has 2 aliphatic rings. The molecule has 0 bridgehead atoms. The van der Waals surface area contributed by atoms with Crippen LogP contribution in [-0.4, -0.2) is 69.1 Å². The van der Waals surface area contributed by atoms with Gasteiger partial charge in [0.2, 0.25) is 5.91 Å². The number of carbonyl (C=O) groups is 1. The van der Waals surface area contributed by atoms with Crippen LogP contribution in [0.3, 0.4) is 0 Å². The van der Waals surface area contributed by atoms with Gasteiger partial charge in [-0.1, -0.05) is 0 Å². The molecule has 0 saturated carbocycles. The van der Waals surface area contributed by atoms with E-state index in [0.717, 1.165) is 32.2 Å². The molecule has 0 aromatic carbocycles. The lowest BCUT2D eigenvalue weighted by atomic mass is 10.2. The highest BCUT2D eigenvalue weighted by atomic mass is 32.2. The zero-order valence-electron chi connectivity index (χ0n) is 13.4.